The molecule has 0 aromatic carbocycles. The highest BCUT2D eigenvalue weighted by atomic mass is 16.5. The van der Waals surface area contributed by atoms with Crippen LogP contribution < -0.4 is 11.1 Å². The third-order valence-corrected chi connectivity index (χ3v) is 2.11. The Morgan fingerprint density at radius 1 is 1.50 bits per heavy atom. The second-order valence-corrected chi connectivity index (χ2v) is 3.65. The van der Waals surface area contributed by atoms with Crippen LogP contribution >= 0.6 is 0 Å². The molecule has 0 aromatic rings. The average molecular weight is 232 g/mol. The molecule has 96 valence electrons. The number of hydrogen-bond acceptors (Lipinski definition) is 4. The van der Waals surface area contributed by atoms with Crippen LogP contribution in [0.2, 0.25) is 0 Å². The zero-order valence-electron chi connectivity index (χ0n) is 10.3. The van der Waals surface area contributed by atoms with E-state index in [0.29, 0.717) is 32.8 Å². The van der Waals surface area contributed by atoms with E-state index in [1.54, 1.807) is 7.11 Å². The molecule has 5 nitrogen and oxygen atoms in total. The van der Waals surface area contributed by atoms with Crippen molar-refractivity contribution in [1.82, 2.24) is 5.32 Å². The summed E-state index contributed by atoms with van der Waals surface area (Å²) in [5.41, 5.74) is 5.71. The zero-order chi connectivity index (χ0) is 12.2. The largest absolute Gasteiger partial charge is 0.383 e. The number of nitrogens with two attached hydrogens (primary N) is 1. The van der Waals surface area contributed by atoms with Gasteiger partial charge in [-0.15, -0.1) is 0 Å². The van der Waals surface area contributed by atoms with Gasteiger partial charge in [-0.25, -0.2) is 0 Å². The molecule has 0 rings (SSSR count). The molecule has 0 spiro atoms. The van der Waals surface area contributed by atoms with Crippen molar-refractivity contribution in [2.75, 3.05) is 33.5 Å². The Labute approximate surface area is 97.7 Å². The fourth-order valence-corrected chi connectivity index (χ4v) is 1.26. The minimum atomic E-state index is -0.00581. The summed E-state index contributed by atoms with van der Waals surface area (Å²) < 4.78 is 10.0. The molecule has 0 saturated heterocycles. The molecular weight excluding hydrogens is 208 g/mol. The first-order valence-electron chi connectivity index (χ1n) is 5.79. The summed E-state index contributed by atoms with van der Waals surface area (Å²) in [6, 6.07) is -0.00581. The molecule has 0 bridgehead atoms. The van der Waals surface area contributed by atoms with Gasteiger partial charge in [0.15, 0.2) is 0 Å². The first-order chi connectivity index (χ1) is 7.70. The Hall–Kier alpha value is -0.650. The lowest BCUT2D eigenvalue weighted by molar-refractivity contribution is -0.121. The third kappa shape index (κ3) is 9.89. The SMILES string of the molecule is CCOCCCC(=O)NCCC(N)COC. The second kappa shape index (κ2) is 10.9. The van der Waals surface area contributed by atoms with Crippen molar-refractivity contribution in [1.29, 1.82) is 0 Å². The van der Waals surface area contributed by atoms with Gasteiger partial charge in [0.25, 0.3) is 0 Å². The first kappa shape index (κ1) is 15.3. The Bertz CT molecular complexity index is 177. The molecule has 1 unspecified atom stereocenters. The molecule has 1 amide bonds. The van der Waals surface area contributed by atoms with Gasteiger partial charge in [0.05, 0.1) is 6.61 Å². The van der Waals surface area contributed by atoms with Crippen LogP contribution in [0.1, 0.15) is 26.2 Å². The molecule has 0 aliphatic heterocycles. The smallest absolute Gasteiger partial charge is 0.220 e. The Kier molecular flexibility index (Phi) is 10.4. The fourth-order valence-electron chi connectivity index (χ4n) is 1.26. The molecule has 0 aromatic heterocycles. The van der Waals surface area contributed by atoms with Crippen molar-refractivity contribution in [3.8, 4) is 0 Å². The maximum absolute atomic E-state index is 11.3. The first-order valence-corrected chi connectivity index (χ1v) is 5.79. The molecule has 1 atom stereocenters. The van der Waals surface area contributed by atoms with Crippen molar-refractivity contribution in [3.63, 3.8) is 0 Å². The van der Waals surface area contributed by atoms with E-state index < -0.39 is 0 Å². The summed E-state index contributed by atoms with van der Waals surface area (Å²) in [6.07, 6.45) is 2.02. The lowest BCUT2D eigenvalue weighted by atomic mass is 10.2. The van der Waals surface area contributed by atoms with Crippen molar-refractivity contribution < 1.29 is 14.3 Å². The predicted octanol–water partition coefficient (Wildman–Crippen LogP) is 0.283. The number of ether oxygens (including phenoxy) is 2. The number of carbonyl (C=O) groups is 1. The van der Waals surface area contributed by atoms with Gasteiger partial charge in [0.2, 0.25) is 5.91 Å². The second-order valence-electron chi connectivity index (χ2n) is 3.65. The van der Waals surface area contributed by atoms with Crippen LogP contribution in [-0.4, -0.2) is 45.4 Å². The van der Waals surface area contributed by atoms with Gasteiger partial charge in [-0.05, 0) is 19.8 Å². The summed E-state index contributed by atoms with van der Waals surface area (Å²) in [4.78, 5) is 11.3. The van der Waals surface area contributed by atoms with Gasteiger partial charge in [-0.3, -0.25) is 4.79 Å². The van der Waals surface area contributed by atoms with Crippen LogP contribution in [0.15, 0.2) is 0 Å². The van der Waals surface area contributed by atoms with Crippen molar-refractivity contribution >= 4 is 5.91 Å². The maximum atomic E-state index is 11.3. The van der Waals surface area contributed by atoms with Crippen LogP contribution in [0.5, 0.6) is 0 Å². The van der Waals surface area contributed by atoms with Crippen LogP contribution in [0.3, 0.4) is 0 Å². The normalized spacial score (nSPS) is 12.4. The Balaban J connectivity index is 3.29. The quantitative estimate of drug-likeness (QED) is 0.531. The van der Waals surface area contributed by atoms with E-state index in [1.807, 2.05) is 6.92 Å². The topological polar surface area (TPSA) is 73.6 Å². The molecule has 0 aliphatic carbocycles. The molecular formula is C11H24N2O3. The minimum Gasteiger partial charge on any atom is -0.383 e. The molecule has 0 heterocycles. The van der Waals surface area contributed by atoms with E-state index in [1.165, 1.54) is 0 Å². The average Bonchev–Trinajstić information content (AvgIpc) is 2.25. The standard InChI is InChI=1S/C11H24N2O3/c1-3-16-8-4-5-11(14)13-7-6-10(12)9-15-2/h10H,3-9,12H2,1-2H3,(H,13,14). The summed E-state index contributed by atoms with van der Waals surface area (Å²) in [5.74, 6) is 0.0596. The lowest BCUT2D eigenvalue weighted by Crippen LogP contribution is -2.32. The molecule has 0 radical (unpaired) electrons. The predicted molar refractivity (Wildman–Crippen MR) is 63.2 cm³/mol. The third-order valence-electron chi connectivity index (χ3n) is 2.11. The van der Waals surface area contributed by atoms with Gasteiger partial charge in [-0.1, -0.05) is 0 Å². The molecule has 0 saturated carbocycles. The summed E-state index contributed by atoms with van der Waals surface area (Å²) in [5, 5.41) is 2.82. The number of carbonyl (C=O) groups excluding carboxylic acids is 1. The van der Waals surface area contributed by atoms with Crippen molar-refractivity contribution in [3.05, 3.63) is 0 Å². The summed E-state index contributed by atoms with van der Waals surface area (Å²) >= 11 is 0. The van der Waals surface area contributed by atoms with E-state index in [-0.39, 0.29) is 11.9 Å². The summed E-state index contributed by atoms with van der Waals surface area (Å²) in [7, 11) is 1.62. The van der Waals surface area contributed by atoms with E-state index in [4.69, 9.17) is 15.2 Å². The van der Waals surface area contributed by atoms with Gasteiger partial charge in [0.1, 0.15) is 0 Å². The molecule has 5 heteroatoms. The van der Waals surface area contributed by atoms with E-state index in [0.717, 1.165) is 12.8 Å². The maximum Gasteiger partial charge on any atom is 0.220 e. The molecule has 3 N–H and O–H groups in total. The monoisotopic (exact) mass is 232 g/mol. The highest BCUT2D eigenvalue weighted by molar-refractivity contribution is 5.75. The molecule has 0 aliphatic rings. The number of amides is 1. The van der Waals surface area contributed by atoms with Crippen LogP contribution in [0.4, 0.5) is 0 Å². The minimum absolute atomic E-state index is 0.00581. The summed E-state index contributed by atoms with van der Waals surface area (Å²) in [6.45, 7) is 4.43. The Morgan fingerprint density at radius 2 is 2.25 bits per heavy atom. The van der Waals surface area contributed by atoms with Crippen LogP contribution in [-0.2, 0) is 14.3 Å². The number of hydrogen-bond donors (Lipinski definition) is 2. The van der Waals surface area contributed by atoms with Gasteiger partial charge in [-0.2, -0.15) is 0 Å². The fraction of sp³-hybridized carbons (Fsp3) is 0.909. The molecule has 0 fully saturated rings. The van der Waals surface area contributed by atoms with Crippen molar-refractivity contribution in [2.24, 2.45) is 5.73 Å². The zero-order valence-corrected chi connectivity index (χ0v) is 10.3. The van der Waals surface area contributed by atoms with Crippen molar-refractivity contribution in [2.45, 2.75) is 32.2 Å². The number of nitrogens with one attached hydrogen (secondary N) is 1. The highest BCUT2D eigenvalue weighted by Crippen LogP contribution is 1.92. The van der Waals surface area contributed by atoms with Gasteiger partial charge in [0, 0.05) is 39.3 Å². The van der Waals surface area contributed by atoms with E-state index in [2.05, 4.69) is 5.32 Å². The lowest BCUT2D eigenvalue weighted by Gasteiger charge is -2.10. The number of rotatable bonds is 10. The number of methoxy groups -OCH3 is 1. The van der Waals surface area contributed by atoms with Gasteiger partial charge < -0.3 is 20.5 Å². The highest BCUT2D eigenvalue weighted by Gasteiger charge is 2.03. The van der Waals surface area contributed by atoms with Gasteiger partial charge >= 0.3 is 0 Å². The van der Waals surface area contributed by atoms with Crippen LogP contribution in [0.25, 0.3) is 0 Å². The van der Waals surface area contributed by atoms with E-state index in [9.17, 15) is 4.79 Å². The Morgan fingerprint density at radius 3 is 2.88 bits per heavy atom. The molecule has 16 heavy (non-hydrogen) atoms. The van der Waals surface area contributed by atoms with E-state index >= 15 is 0 Å². The van der Waals surface area contributed by atoms with Crippen LogP contribution in [0, 0.1) is 0 Å².